The predicted molar refractivity (Wildman–Crippen MR) is 69.1 cm³/mol. The largest absolute Gasteiger partial charge is 0.313 e. The first-order valence-electron chi connectivity index (χ1n) is 5.10. The van der Waals surface area contributed by atoms with E-state index in [2.05, 4.69) is 22.4 Å². The Hall–Kier alpha value is -0.900. The van der Waals surface area contributed by atoms with Crippen LogP contribution in [0, 0.1) is 0 Å². The summed E-state index contributed by atoms with van der Waals surface area (Å²) < 4.78 is 0. The SMILES string of the molecule is CNC(Cc1nccs1)c1ccc(Cl)cc1. The van der Waals surface area contributed by atoms with E-state index in [4.69, 9.17) is 11.6 Å². The second kappa shape index (κ2) is 5.43. The minimum Gasteiger partial charge on any atom is -0.313 e. The lowest BCUT2D eigenvalue weighted by atomic mass is 10.0. The number of hydrogen-bond acceptors (Lipinski definition) is 3. The molecule has 0 saturated carbocycles. The summed E-state index contributed by atoms with van der Waals surface area (Å²) in [6, 6.07) is 8.24. The van der Waals surface area contributed by atoms with Crippen LogP contribution in [-0.4, -0.2) is 12.0 Å². The van der Waals surface area contributed by atoms with E-state index in [-0.39, 0.29) is 0 Å². The molecule has 1 aromatic carbocycles. The van der Waals surface area contributed by atoms with Crippen LogP contribution in [0.15, 0.2) is 35.8 Å². The Balaban J connectivity index is 2.13. The van der Waals surface area contributed by atoms with E-state index in [9.17, 15) is 0 Å². The molecule has 4 heteroatoms. The highest BCUT2D eigenvalue weighted by atomic mass is 35.5. The smallest absolute Gasteiger partial charge is 0.0943 e. The molecule has 84 valence electrons. The average molecular weight is 253 g/mol. The average Bonchev–Trinajstić information content (AvgIpc) is 2.80. The van der Waals surface area contributed by atoms with Crippen molar-refractivity contribution in [3.8, 4) is 0 Å². The molecule has 0 fully saturated rings. The molecule has 16 heavy (non-hydrogen) atoms. The van der Waals surface area contributed by atoms with E-state index in [1.54, 1.807) is 11.3 Å². The Morgan fingerprint density at radius 2 is 2.12 bits per heavy atom. The number of rotatable bonds is 4. The lowest BCUT2D eigenvalue weighted by molar-refractivity contribution is 0.590. The molecule has 0 amide bonds. The van der Waals surface area contributed by atoms with Gasteiger partial charge in [-0.15, -0.1) is 11.3 Å². The number of hydrogen-bond donors (Lipinski definition) is 1. The quantitative estimate of drug-likeness (QED) is 0.903. The van der Waals surface area contributed by atoms with Gasteiger partial charge in [-0.3, -0.25) is 0 Å². The molecule has 1 atom stereocenters. The van der Waals surface area contributed by atoms with Gasteiger partial charge in [0.1, 0.15) is 0 Å². The van der Waals surface area contributed by atoms with Crippen LogP contribution in [0.2, 0.25) is 5.02 Å². The fourth-order valence-electron chi connectivity index (χ4n) is 1.61. The van der Waals surface area contributed by atoms with Crippen LogP contribution in [-0.2, 0) is 6.42 Å². The standard InChI is InChI=1S/C12H13ClN2S/c1-14-11(8-12-15-6-7-16-12)9-2-4-10(13)5-3-9/h2-7,11,14H,8H2,1H3. The molecule has 0 bridgehead atoms. The number of nitrogens with one attached hydrogen (secondary N) is 1. The van der Waals surface area contributed by atoms with Gasteiger partial charge in [0.2, 0.25) is 0 Å². The van der Waals surface area contributed by atoms with Crippen LogP contribution in [0.1, 0.15) is 16.6 Å². The van der Waals surface area contributed by atoms with Crippen molar-refractivity contribution in [2.45, 2.75) is 12.5 Å². The third-order valence-corrected chi connectivity index (χ3v) is 3.54. The lowest BCUT2D eigenvalue weighted by Gasteiger charge is -2.15. The molecule has 2 nitrogen and oxygen atoms in total. The van der Waals surface area contributed by atoms with Gasteiger partial charge in [-0.2, -0.15) is 0 Å². The summed E-state index contributed by atoms with van der Waals surface area (Å²) >= 11 is 7.56. The molecule has 1 N–H and O–H groups in total. The van der Waals surface area contributed by atoms with Crippen molar-refractivity contribution >= 4 is 22.9 Å². The number of aromatic nitrogens is 1. The molecule has 0 radical (unpaired) electrons. The molecule has 0 aliphatic heterocycles. The van der Waals surface area contributed by atoms with Gasteiger partial charge in [0, 0.05) is 29.1 Å². The van der Waals surface area contributed by atoms with Crippen LogP contribution in [0.5, 0.6) is 0 Å². The summed E-state index contributed by atoms with van der Waals surface area (Å²) in [5.41, 5.74) is 1.24. The van der Waals surface area contributed by atoms with Crippen molar-refractivity contribution in [1.29, 1.82) is 0 Å². The van der Waals surface area contributed by atoms with Crippen LogP contribution in [0.4, 0.5) is 0 Å². The minimum absolute atomic E-state index is 0.295. The zero-order chi connectivity index (χ0) is 11.4. The van der Waals surface area contributed by atoms with E-state index in [1.807, 2.05) is 30.8 Å². The number of nitrogens with zero attached hydrogens (tertiary/aromatic N) is 1. The van der Waals surface area contributed by atoms with Crippen molar-refractivity contribution in [3.63, 3.8) is 0 Å². The molecule has 0 aliphatic rings. The lowest BCUT2D eigenvalue weighted by Crippen LogP contribution is -2.18. The van der Waals surface area contributed by atoms with Crippen LogP contribution < -0.4 is 5.32 Å². The Kier molecular flexibility index (Phi) is 3.93. The van der Waals surface area contributed by atoms with Gasteiger partial charge >= 0.3 is 0 Å². The van der Waals surface area contributed by atoms with Gasteiger partial charge in [0.25, 0.3) is 0 Å². The van der Waals surface area contributed by atoms with Gasteiger partial charge in [-0.05, 0) is 24.7 Å². The molecule has 0 aliphatic carbocycles. The fourth-order valence-corrected chi connectivity index (χ4v) is 2.40. The molecule has 2 rings (SSSR count). The molecule has 1 heterocycles. The van der Waals surface area contributed by atoms with Gasteiger partial charge in [0.05, 0.1) is 5.01 Å². The Morgan fingerprint density at radius 3 is 2.69 bits per heavy atom. The van der Waals surface area contributed by atoms with E-state index in [0.717, 1.165) is 16.5 Å². The maximum absolute atomic E-state index is 5.87. The fraction of sp³-hybridized carbons (Fsp3) is 0.250. The summed E-state index contributed by atoms with van der Waals surface area (Å²) in [5, 5.41) is 7.22. The van der Waals surface area contributed by atoms with Crippen molar-refractivity contribution in [2.24, 2.45) is 0 Å². The highest BCUT2D eigenvalue weighted by Gasteiger charge is 2.11. The molecule has 0 saturated heterocycles. The van der Waals surface area contributed by atoms with Crippen LogP contribution in [0.25, 0.3) is 0 Å². The first-order valence-corrected chi connectivity index (χ1v) is 6.36. The maximum Gasteiger partial charge on any atom is 0.0943 e. The summed E-state index contributed by atoms with van der Waals surface area (Å²) in [6.45, 7) is 0. The van der Waals surface area contributed by atoms with E-state index >= 15 is 0 Å². The van der Waals surface area contributed by atoms with Gasteiger partial charge in [-0.25, -0.2) is 4.98 Å². The third-order valence-electron chi connectivity index (χ3n) is 2.48. The van der Waals surface area contributed by atoms with Gasteiger partial charge in [0.15, 0.2) is 0 Å². The Morgan fingerprint density at radius 1 is 1.38 bits per heavy atom. The van der Waals surface area contributed by atoms with Gasteiger partial charge in [-0.1, -0.05) is 23.7 Å². The second-order valence-corrected chi connectivity index (χ2v) is 4.94. The summed E-state index contributed by atoms with van der Waals surface area (Å²) in [4.78, 5) is 4.30. The van der Waals surface area contributed by atoms with Crippen LogP contribution in [0.3, 0.4) is 0 Å². The first-order chi connectivity index (χ1) is 7.79. The van der Waals surface area contributed by atoms with Crippen molar-refractivity contribution < 1.29 is 0 Å². The predicted octanol–water partition coefficient (Wildman–Crippen LogP) is 3.30. The second-order valence-electron chi connectivity index (χ2n) is 3.52. The normalized spacial score (nSPS) is 12.6. The highest BCUT2D eigenvalue weighted by Crippen LogP contribution is 2.21. The number of thiazole rings is 1. The summed E-state index contributed by atoms with van der Waals surface area (Å²) in [7, 11) is 1.97. The zero-order valence-electron chi connectivity index (χ0n) is 8.98. The maximum atomic E-state index is 5.87. The van der Waals surface area contributed by atoms with E-state index in [0.29, 0.717) is 6.04 Å². The van der Waals surface area contributed by atoms with Crippen LogP contribution >= 0.6 is 22.9 Å². The number of halogens is 1. The molecule has 1 aromatic heterocycles. The molecular weight excluding hydrogens is 240 g/mol. The monoisotopic (exact) mass is 252 g/mol. The first kappa shape index (κ1) is 11.6. The zero-order valence-corrected chi connectivity index (χ0v) is 10.6. The molecule has 0 spiro atoms. The van der Waals surface area contributed by atoms with E-state index in [1.165, 1.54) is 5.56 Å². The Bertz CT molecular complexity index is 425. The number of likely N-dealkylation sites (N-methyl/N-ethyl adjacent to an activating group) is 1. The topological polar surface area (TPSA) is 24.9 Å². The van der Waals surface area contributed by atoms with Crippen molar-refractivity contribution in [2.75, 3.05) is 7.05 Å². The summed E-state index contributed by atoms with van der Waals surface area (Å²) in [5.74, 6) is 0. The Labute approximate surface area is 104 Å². The van der Waals surface area contributed by atoms with Crippen molar-refractivity contribution in [1.82, 2.24) is 10.3 Å². The highest BCUT2D eigenvalue weighted by molar-refractivity contribution is 7.09. The number of benzene rings is 1. The molecular formula is C12H13ClN2S. The third kappa shape index (κ3) is 2.82. The summed E-state index contributed by atoms with van der Waals surface area (Å²) in [6.07, 6.45) is 2.75. The van der Waals surface area contributed by atoms with E-state index < -0.39 is 0 Å². The minimum atomic E-state index is 0.295. The van der Waals surface area contributed by atoms with Crippen molar-refractivity contribution in [3.05, 3.63) is 51.4 Å². The molecule has 1 unspecified atom stereocenters. The van der Waals surface area contributed by atoms with Gasteiger partial charge < -0.3 is 5.32 Å². The molecule has 2 aromatic rings.